The van der Waals surface area contributed by atoms with Crippen molar-refractivity contribution in [2.75, 3.05) is 23.3 Å². The van der Waals surface area contributed by atoms with Crippen LogP contribution in [0.3, 0.4) is 0 Å². The zero-order chi connectivity index (χ0) is 22.6. The van der Waals surface area contributed by atoms with Crippen molar-refractivity contribution in [2.24, 2.45) is 0 Å². The molecule has 0 bridgehead atoms. The summed E-state index contributed by atoms with van der Waals surface area (Å²) in [4.78, 5) is 12.3. The Hall–Kier alpha value is -3.23. The van der Waals surface area contributed by atoms with Crippen LogP contribution in [0.15, 0.2) is 71.6 Å². The Kier molecular flexibility index (Phi) is 6.53. The van der Waals surface area contributed by atoms with Gasteiger partial charge in [0.25, 0.3) is 10.0 Å². The fourth-order valence-corrected chi connectivity index (χ4v) is 4.36. The number of benzene rings is 3. The van der Waals surface area contributed by atoms with Gasteiger partial charge < -0.3 is 14.8 Å². The number of sulfonamides is 1. The van der Waals surface area contributed by atoms with E-state index in [0.717, 1.165) is 5.56 Å². The lowest BCUT2D eigenvalue weighted by Gasteiger charge is -2.19. The first-order valence-electron chi connectivity index (χ1n) is 9.96. The van der Waals surface area contributed by atoms with E-state index in [0.29, 0.717) is 54.0 Å². The van der Waals surface area contributed by atoms with Gasteiger partial charge in [0.1, 0.15) is 13.2 Å². The zero-order valence-electron chi connectivity index (χ0n) is 17.0. The highest BCUT2D eigenvalue weighted by Gasteiger charge is 2.19. The molecule has 4 rings (SSSR count). The molecule has 0 radical (unpaired) electrons. The molecular weight excluding hydrogens is 452 g/mol. The molecule has 1 heterocycles. The molecule has 0 spiro atoms. The Bertz CT molecular complexity index is 1210. The topological polar surface area (TPSA) is 93.7 Å². The number of aryl methyl sites for hydroxylation is 1. The number of hydrogen-bond acceptors (Lipinski definition) is 5. The fourth-order valence-electron chi connectivity index (χ4n) is 3.16. The number of hydrogen-bond donors (Lipinski definition) is 2. The molecule has 7 nitrogen and oxygen atoms in total. The van der Waals surface area contributed by atoms with Crippen molar-refractivity contribution in [1.29, 1.82) is 0 Å². The van der Waals surface area contributed by atoms with E-state index >= 15 is 0 Å². The maximum atomic E-state index is 12.7. The van der Waals surface area contributed by atoms with Gasteiger partial charge >= 0.3 is 0 Å². The predicted molar refractivity (Wildman–Crippen MR) is 123 cm³/mol. The van der Waals surface area contributed by atoms with Gasteiger partial charge in [-0.05, 0) is 60.5 Å². The van der Waals surface area contributed by atoms with Crippen molar-refractivity contribution in [3.63, 3.8) is 0 Å². The number of carbonyl (C=O) groups is 1. The SMILES string of the molecule is O=C(CCc1ccc(Cl)cc1)Nc1ccc(NS(=O)(=O)c2ccc3c(c2)OCCO3)cc1. The van der Waals surface area contributed by atoms with E-state index in [4.69, 9.17) is 21.1 Å². The van der Waals surface area contributed by atoms with Crippen molar-refractivity contribution in [1.82, 2.24) is 0 Å². The second kappa shape index (κ2) is 9.50. The molecule has 1 aliphatic heterocycles. The van der Waals surface area contributed by atoms with Crippen LogP contribution in [-0.4, -0.2) is 27.5 Å². The van der Waals surface area contributed by atoms with Crippen LogP contribution in [0, 0.1) is 0 Å². The Labute approximate surface area is 191 Å². The van der Waals surface area contributed by atoms with Crippen molar-refractivity contribution < 1.29 is 22.7 Å². The highest BCUT2D eigenvalue weighted by Crippen LogP contribution is 2.32. The summed E-state index contributed by atoms with van der Waals surface area (Å²) in [5.41, 5.74) is 1.97. The van der Waals surface area contributed by atoms with E-state index < -0.39 is 10.0 Å². The quantitative estimate of drug-likeness (QED) is 0.528. The normalized spacial score (nSPS) is 12.8. The summed E-state index contributed by atoms with van der Waals surface area (Å²) in [7, 11) is -3.81. The van der Waals surface area contributed by atoms with Crippen LogP contribution < -0.4 is 19.5 Å². The van der Waals surface area contributed by atoms with Crippen molar-refractivity contribution in [2.45, 2.75) is 17.7 Å². The lowest BCUT2D eigenvalue weighted by Crippen LogP contribution is -2.17. The summed E-state index contributed by atoms with van der Waals surface area (Å²) in [5.74, 6) is 0.784. The maximum Gasteiger partial charge on any atom is 0.262 e. The molecule has 0 aliphatic carbocycles. The molecule has 0 saturated heterocycles. The van der Waals surface area contributed by atoms with Crippen molar-refractivity contribution in [3.05, 3.63) is 77.3 Å². The summed E-state index contributed by atoms with van der Waals surface area (Å²) >= 11 is 5.86. The molecule has 3 aromatic rings. The Morgan fingerprint density at radius 3 is 2.25 bits per heavy atom. The Morgan fingerprint density at radius 1 is 0.875 bits per heavy atom. The summed E-state index contributed by atoms with van der Waals surface area (Å²) in [6.07, 6.45) is 0.913. The lowest BCUT2D eigenvalue weighted by molar-refractivity contribution is -0.116. The Balaban J connectivity index is 1.34. The Morgan fingerprint density at radius 2 is 1.53 bits per heavy atom. The van der Waals surface area contributed by atoms with Gasteiger partial charge in [-0.1, -0.05) is 23.7 Å². The molecule has 3 aromatic carbocycles. The molecule has 0 fully saturated rings. The second-order valence-electron chi connectivity index (χ2n) is 7.16. The third-order valence-corrected chi connectivity index (χ3v) is 6.43. The van der Waals surface area contributed by atoms with E-state index in [1.807, 2.05) is 12.1 Å². The minimum atomic E-state index is -3.81. The minimum Gasteiger partial charge on any atom is -0.486 e. The van der Waals surface area contributed by atoms with E-state index in [-0.39, 0.29) is 10.8 Å². The van der Waals surface area contributed by atoms with E-state index in [9.17, 15) is 13.2 Å². The first-order chi connectivity index (χ1) is 15.4. The van der Waals surface area contributed by atoms with Gasteiger partial charge in [-0.3, -0.25) is 9.52 Å². The molecular formula is C23H21ClN2O5S. The van der Waals surface area contributed by atoms with Gasteiger partial charge in [0, 0.05) is 28.9 Å². The minimum absolute atomic E-state index is 0.0707. The number of halogens is 1. The zero-order valence-corrected chi connectivity index (χ0v) is 18.6. The van der Waals surface area contributed by atoms with Crippen LogP contribution in [0.5, 0.6) is 11.5 Å². The standard InChI is InChI=1S/C23H21ClN2O5S/c24-17-4-1-16(2-5-17)3-12-23(27)25-18-6-8-19(9-7-18)26-32(28,29)20-10-11-21-22(15-20)31-14-13-30-21/h1-2,4-11,15,26H,3,12-14H2,(H,25,27). The van der Waals surface area contributed by atoms with E-state index in [2.05, 4.69) is 10.0 Å². The average molecular weight is 473 g/mol. The molecule has 0 aromatic heterocycles. The molecule has 166 valence electrons. The van der Waals surface area contributed by atoms with Gasteiger partial charge in [-0.2, -0.15) is 0 Å². The molecule has 32 heavy (non-hydrogen) atoms. The molecule has 0 unspecified atom stereocenters. The van der Waals surface area contributed by atoms with Gasteiger partial charge in [-0.25, -0.2) is 8.42 Å². The van der Waals surface area contributed by atoms with Crippen LogP contribution >= 0.6 is 11.6 Å². The molecule has 0 saturated carbocycles. The smallest absolute Gasteiger partial charge is 0.262 e. The number of rotatable bonds is 7. The summed E-state index contributed by atoms with van der Waals surface area (Å²) < 4.78 is 38.8. The van der Waals surface area contributed by atoms with Gasteiger partial charge in [0.15, 0.2) is 11.5 Å². The number of fused-ring (bicyclic) bond motifs is 1. The van der Waals surface area contributed by atoms with Gasteiger partial charge in [-0.15, -0.1) is 0 Å². The third kappa shape index (κ3) is 5.52. The second-order valence-corrected chi connectivity index (χ2v) is 9.28. The van der Waals surface area contributed by atoms with Crippen LogP contribution in [0.4, 0.5) is 11.4 Å². The molecule has 0 atom stereocenters. The molecule has 2 N–H and O–H groups in total. The fraction of sp³-hybridized carbons (Fsp3) is 0.174. The molecule has 9 heteroatoms. The summed E-state index contributed by atoms with van der Waals surface area (Å²) in [6.45, 7) is 0.804. The van der Waals surface area contributed by atoms with E-state index in [1.165, 1.54) is 12.1 Å². The van der Waals surface area contributed by atoms with Gasteiger partial charge in [0.05, 0.1) is 4.90 Å². The van der Waals surface area contributed by atoms with Crippen molar-refractivity contribution in [3.8, 4) is 11.5 Å². The molecule has 1 aliphatic rings. The van der Waals surface area contributed by atoms with Crippen molar-refractivity contribution >= 4 is 38.9 Å². The number of amides is 1. The highest BCUT2D eigenvalue weighted by molar-refractivity contribution is 7.92. The van der Waals surface area contributed by atoms with Gasteiger partial charge in [0.2, 0.25) is 5.91 Å². The largest absolute Gasteiger partial charge is 0.486 e. The van der Waals surface area contributed by atoms with Crippen LogP contribution in [0.1, 0.15) is 12.0 Å². The third-order valence-electron chi connectivity index (χ3n) is 4.80. The maximum absolute atomic E-state index is 12.7. The number of nitrogens with one attached hydrogen (secondary N) is 2. The predicted octanol–water partition coefficient (Wildman–Crippen LogP) is 4.48. The average Bonchev–Trinajstić information content (AvgIpc) is 2.79. The summed E-state index contributed by atoms with van der Waals surface area (Å²) in [5, 5.41) is 3.46. The van der Waals surface area contributed by atoms with Crippen LogP contribution in [0.25, 0.3) is 0 Å². The highest BCUT2D eigenvalue weighted by atomic mass is 35.5. The number of ether oxygens (including phenoxy) is 2. The van der Waals surface area contributed by atoms with Crippen LogP contribution in [0.2, 0.25) is 5.02 Å². The van der Waals surface area contributed by atoms with Crippen LogP contribution in [-0.2, 0) is 21.2 Å². The number of carbonyl (C=O) groups excluding carboxylic acids is 1. The summed E-state index contributed by atoms with van der Waals surface area (Å²) in [6, 6.07) is 18.3. The molecule has 1 amide bonds. The lowest BCUT2D eigenvalue weighted by atomic mass is 10.1. The van der Waals surface area contributed by atoms with E-state index in [1.54, 1.807) is 42.5 Å². The first-order valence-corrected chi connectivity index (χ1v) is 11.8. The number of anilines is 2. The first kappa shape index (κ1) is 22.0. The monoisotopic (exact) mass is 472 g/mol.